The van der Waals surface area contributed by atoms with Gasteiger partial charge in [-0.2, -0.15) is 0 Å². The van der Waals surface area contributed by atoms with Gasteiger partial charge in [0.15, 0.2) is 0 Å². The van der Waals surface area contributed by atoms with Gasteiger partial charge in [-0.05, 0) is 12.0 Å². The lowest BCUT2D eigenvalue weighted by molar-refractivity contribution is 0.292. The lowest BCUT2D eigenvalue weighted by Crippen LogP contribution is -2.13. The first-order valence-electron chi connectivity index (χ1n) is 4.99. The van der Waals surface area contributed by atoms with E-state index in [0.29, 0.717) is 23.4 Å². The van der Waals surface area contributed by atoms with Crippen molar-refractivity contribution in [3.8, 4) is 0 Å². The molecule has 1 aliphatic rings. The lowest BCUT2D eigenvalue weighted by Gasteiger charge is -2.06. The smallest absolute Gasteiger partial charge is 0.218 e. The summed E-state index contributed by atoms with van der Waals surface area (Å²) >= 11 is 6.01. The summed E-state index contributed by atoms with van der Waals surface area (Å²) in [5.74, 6) is 1.13. The van der Waals surface area contributed by atoms with Crippen LogP contribution in [0.15, 0.2) is 23.5 Å². The van der Waals surface area contributed by atoms with Gasteiger partial charge in [0, 0.05) is 12.4 Å². The van der Waals surface area contributed by atoms with E-state index in [4.69, 9.17) is 16.3 Å². The molecule has 0 bridgehead atoms. The van der Waals surface area contributed by atoms with Crippen molar-refractivity contribution < 1.29 is 4.74 Å². The molecule has 1 aromatic rings. The van der Waals surface area contributed by atoms with E-state index < -0.39 is 0 Å². The molecule has 0 fully saturated rings. The zero-order valence-corrected chi connectivity index (χ0v) is 9.53. The number of aromatic nitrogens is 1. The molecule has 0 aromatic carbocycles. The molecule has 3 nitrogen and oxygen atoms in total. The van der Waals surface area contributed by atoms with Crippen LogP contribution in [0.3, 0.4) is 0 Å². The molecule has 0 amide bonds. The van der Waals surface area contributed by atoms with Gasteiger partial charge in [0.1, 0.15) is 6.61 Å². The van der Waals surface area contributed by atoms with Crippen molar-refractivity contribution in [1.82, 2.24) is 4.98 Å². The zero-order valence-electron chi connectivity index (χ0n) is 8.77. The monoisotopic (exact) mass is 224 g/mol. The molecule has 0 saturated carbocycles. The Morgan fingerprint density at radius 1 is 1.53 bits per heavy atom. The van der Waals surface area contributed by atoms with E-state index in [1.807, 2.05) is 6.07 Å². The average molecular weight is 225 g/mol. The second-order valence-corrected chi connectivity index (χ2v) is 4.32. The second kappa shape index (κ2) is 4.19. The molecule has 0 unspecified atom stereocenters. The topological polar surface area (TPSA) is 34.5 Å². The molecule has 4 heteroatoms. The van der Waals surface area contributed by atoms with E-state index in [0.717, 1.165) is 5.56 Å². The SMILES string of the molecule is CC(C)[C@H]1COC(c2ccncc2Cl)=N1. The Morgan fingerprint density at radius 3 is 2.93 bits per heavy atom. The van der Waals surface area contributed by atoms with Gasteiger partial charge < -0.3 is 4.74 Å². The molecule has 1 aromatic heterocycles. The number of hydrogen-bond acceptors (Lipinski definition) is 3. The van der Waals surface area contributed by atoms with Crippen LogP contribution in [-0.2, 0) is 4.74 Å². The Hall–Kier alpha value is -1.09. The first-order valence-corrected chi connectivity index (χ1v) is 5.36. The highest BCUT2D eigenvalue weighted by Crippen LogP contribution is 2.21. The van der Waals surface area contributed by atoms with Crippen molar-refractivity contribution in [2.24, 2.45) is 10.9 Å². The Morgan fingerprint density at radius 2 is 2.33 bits per heavy atom. The molecule has 1 aliphatic heterocycles. The van der Waals surface area contributed by atoms with Gasteiger partial charge in [-0.3, -0.25) is 4.98 Å². The van der Waals surface area contributed by atoms with Gasteiger partial charge in [0.2, 0.25) is 5.90 Å². The number of pyridine rings is 1. The van der Waals surface area contributed by atoms with E-state index in [-0.39, 0.29) is 6.04 Å². The van der Waals surface area contributed by atoms with Crippen LogP contribution >= 0.6 is 11.6 Å². The van der Waals surface area contributed by atoms with Gasteiger partial charge >= 0.3 is 0 Å². The summed E-state index contributed by atoms with van der Waals surface area (Å²) in [4.78, 5) is 8.43. The molecule has 2 rings (SSSR count). The molecule has 1 atom stereocenters. The van der Waals surface area contributed by atoms with E-state index in [1.165, 1.54) is 0 Å². The third-order valence-corrected chi connectivity index (χ3v) is 2.75. The fourth-order valence-electron chi connectivity index (χ4n) is 1.43. The van der Waals surface area contributed by atoms with Crippen molar-refractivity contribution in [3.05, 3.63) is 29.0 Å². The number of hydrogen-bond donors (Lipinski definition) is 0. The maximum Gasteiger partial charge on any atom is 0.218 e. The number of halogens is 1. The molecular formula is C11H13ClN2O. The van der Waals surface area contributed by atoms with Crippen LogP contribution in [0, 0.1) is 5.92 Å². The first kappa shape index (κ1) is 10.4. The molecule has 0 saturated heterocycles. The summed E-state index contributed by atoms with van der Waals surface area (Å²) < 4.78 is 5.53. The lowest BCUT2D eigenvalue weighted by atomic mass is 10.1. The highest BCUT2D eigenvalue weighted by molar-refractivity contribution is 6.33. The van der Waals surface area contributed by atoms with Gasteiger partial charge in [-0.15, -0.1) is 0 Å². The zero-order chi connectivity index (χ0) is 10.8. The van der Waals surface area contributed by atoms with Crippen molar-refractivity contribution in [2.45, 2.75) is 19.9 Å². The maximum absolute atomic E-state index is 6.01. The van der Waals surface area contributed by atoms with Crippen molar-refractivity contribution >= 4 is 17.5 Å². The molecule has 80 valence electrons. The van der Waals surface area contributed by atoms with Crippen LogP contribution in [0.2, 0.25) is 5.02 Å². The summed E-state index contributed by atoms with van der Waals surface area (Å²) in [6, 6.07) is 2.06. The van der Waals surface area contributed by atoms with E-state index >= 15 is 0 Å². The van der Waals surface area contributed by atoms with Crippen molar-refractivity contribution in [1.29, 1.82) is 0 Å². The summed E-state index contributed by atoms with van der Waals surface area (Å²) in [5.41, 5.74) is 0.829. The minimum atomic E-state index is 0.240. The number of rotatable bonds is 2. The molecule has 0 radical (unpaired) electrons. The van der Waals surface area contributed by atoms with E-state index in [1.54, 1.807) is 12.4 Å². The van der Waals surface area contributed by atoms with E-state index in [9.17, 15) is 0 Å². The Kier molecular flexibility index (Phi) is 2.91. The van der Waals surface area contributed by atoms with Gasteiger partial charge in [-0.25, -0.2) is 4.99 Å². The summed E-state index contributed by atoms with van der Waals surface area (Å²) in [5, 5.41) is 0.584. The van der Waals surface area contributed by atoms with Crippen molar-refractivity contribution in [3.63, 3.8) is 0 Å². The van der Waals surface area contributed by atoms with Gasteiger partial charge in [-0.1, -0.05) is 25.4 Å². The second-order valence-electron chi connectivity index (χ2n) is 3.91. The fourth-order valence-corrected chi connectivity index (χ4v) is 1.63. The molecule has 2 heterocycles. The Labute approximate surface area is 94.1 Å². The third-order valence-electron chi connectivity index (χ3n) is 2.45. The maximum atomic E-state index is 6.01. The number of aliphatic imine (C=N–C) groups is 1. The van der Waals surface area contributed by atoms with Crippen molar-refractivity contribution in [2.75, 3.05) is 6.61 Å². The van der Waals surface area contributed by atoms with Crippen LogP contribution in [-0.4, -0.2) is 23.5 Å². The van der Waals surface area contributed by atoms with Crippen LogP contribution in [0.25, 0.3) is 0 Å². The summed E-state index contributed by atoms with van der Waals surface area (Å²) in [6.45, 7) is 4.91. The minimum Gasteiger partial charge on any atom is -0.475 e. The molecule has 0 aliphatic carbocycles. The van der Waals surface area contributed by atoms with Crippen LogP contribution in [0.5, 0.6) is 0 Å². The van der Waals surface area contributed by atoms with E-state index in [2.05, 4.69) is 23.8 Å². The largest absolute Gasteiger partial charge is 0.475 e. The number of ether oxygens (including phenoxy) is 1. The fraction of sp³-hybridized carbons (Fsp3) is 0.455. The standard InChI is InChI=1S/C11H13ClN2O/c1-7(2)10-6-15-11(14-10)8-3-4-13-5-9(8)12/h3-5,7,10H,6H2,1-2H3/t10-/m1/s1. The first-order chi connectivity index (χ1) is 7.18. The molecule has 15 heavy (non-hydrogen) atoms. The highest BCUT2D eigenvalue weighted by Gasteiger charge is 2.23. The predicted molar refractivity (Wildman–Crippen MR) is 60.4 cm³/mol. The Bertz CT molecular complexity index is 390. The summed E-state index contributed by atoms with van der Waals surface area (Å²) in [6.07, 6.45) is 3.29. The third kappa shape index (κ3) is 2.12. The minimum absolute atomic E-state index is 0.240. The quantitative estimate of drug-likeness (QED) is 0.774. The van der Waals surface area contributed by atoms with Gasteiger partial charge in [0.25, 0.3) is 0 Å². The predicted octanol–water partition coefficient (Wildman–Crippen LogP) is 2.54. The molecule has 0 spiro atoms. The molecular weight excluding hydrogens is 212 g/mol. The van der Waals surface area contributed by atoms with Crippen LogP contribution < -0.4 is 0 Å². The number of nitrogens with zero attached hydrogens (tertiary/aromatic N) is 2. The normalized spacial score (nSPS) is 20.3. The molecule has 0 N–H and O–H groups in total. The summed E-state index contributed by atoms with van der Waals surface area (Å²) in [7, 11) is 0. The average Bonchev–Trinajstić information content (AvgIpc) is 2.67. The van der Waals surface area contributed by atoms with Crippen LogP contribution in [0.1, 0.15) is 19.4 Å². The van der Waals surface area contributed by atoms with Crippen LogP contribution in [0.4, 0.5) is 0 Å². The Balaban J connectivity index is 2.27. The van der Waals surface area contributed by atoms with Gasteiger partial charge in [0.05, 0.1) is 16.6 Å². The highest BCUT2D eigenvalue weighted by atomic mass is 35.5.